The predicted octanol–water partition coefficient (Wildman–Crippen LogP) is 2.64. The average molecular weight is 403 g/mol. The smallest absolute Gasteiger partial charge is 0.178 e. The second-order valence-corrected chi connectivity index (χ2v) is 8.18. The number of aromatic nitrogens is 5. The first-order chi connectivity index (χ1) is 14.4. The molecular formula is C22H25N7O. The third kappa shape index (κ3) is 2.95. The van der Waals surface area contributed by atoms with Crippen molar-refractivity contribution in [2.45, 2.75) is 19.9 Å². The second-order valence-electron chi connectivity index (χ2n) is 8.18. The standard InChI is InChI=1S/C22H25N7O/c1-12-9-29(11-18(12)23-3)19-8-24-22-17(25-19)6-5-16(26-22)15-7-14-10-28(4)27-20(14)13(2)21(15)30/h5-8,10,12,18,23,30H,9,11H2,1-4H3. The highest BCUT2D eigenvalue weighted by Crippen LogP contribution is 2.36. The lowest BCUT2D eigenvalue weighted by atomic mass is 10.0. The van der Waals surface area contributed by atoms with Crippen molar-refractivity contribution in [1.82, 2.24) is 30.0 Å². The number of pyridine rings is 1. The molecule has 2 unspecified atom stereocenters. The van der Waals surface area contributed by atoms with Crippen LogP contribution in [-0.2, 0) is 7.05 Å². The van der Waals surface area contributed by atoms with Gasteiger partial charge in [0.2, 0.25) is 0 Å². The molecule has 1 aliphatic heterocycles. The summed E-state index contributed by atoms with van der Waals surface area (Å²) in [5.41, 5.74) is 4.19. The van der Waals surface area contributed by atoms with E-state index in [-0.39, 0.29) is 5.75 Å². The number of hydrogen-bond donors (Lipinski definition) is 2. The van der Waals surface area contributed by atoms with Crippen molar-refractivity contribution in [3.63, 3.8) is 0 Å². The van der Waals surface area contributed by atoms with E-state index < -0.39 is 0 Å². The van der Waals surface area contributed by atoms with Crippen molar-refractivity contribution in [2.75, 3.05) is 25.0 Å². The van der Waals surface area contributed by atoms with Crippen molar-refractivity contribution in [3.8, 4) is 17.0 Å². The van der Waals surface area contributed by atoms with Crippen LogP contribution in [0.3, 0.4) is 0 Å². The zero-order valence-electron chi connectivity index (χ0n) is 17.6. The molecule has 0 radical (unpaired) electrons. The number of nitrogens with zero attached hydrogens (tertiary/aromatic N) is 6. The van der Waals surface area contributed by atoms with Crippen molar-refractivity contribution in [2.24, 2.45) is 13.0 Å². The molecule has 0 bridgehead atoms. The van der Waals surface area contributed by atoms with Gasteiger partial charge in [0.05, 0.1) is 17.4 Å². The minimum Gasteiger partial charge on any atom is -0.507 e. The summed E-state index contributed by atoms with van der Waals surface area (Å²) < 4.78 is 1.75. The number of anilines is 1. The first kappa shape index (κ1) is 18.7. The van der Waals surface area contributed by atoms with Crippen LogP contribution in [0.2, 0.25) is 0 Å². The Morgan fingerprint density at radius 1 is 1.20 bits per heavy atom. The van der Waals surface area contributed by atoms with Crippen molar-refractivity contribution < 1.29 is 5.11 Å². The Labute approximate surface area is 174 Å². The van der Waals surface area contributed by atoms with Gasteiger partial charge >= 0.3 is 0 Å². The van der Waals surface area contributed by atoms with Crippen LogP contribution in [0.25, 0.3) is 33.3 Å². The Kier molecular flexibility index (Phi) is 4.32. The summed E-state index contributed by atoms with van der Waals surface area (Å²) in [6.07, 6.45) is 3.73. The van der Waals surface area contributed by atoms with E-state index in [2.05, 4.69) is 32.2 Å². The molecule has 30 heavy (non-hydrogen) atoms. The zero-order valence-corrected chi connectivity index (χ0v) is 17.6. The van der Waals surface area contributed by atoms with E-state index in [0.717, 1.165) is 40.9 Å². The third-order valence-corrected chi connectivity index (χ3v) is 6.10. The Hall–Kier alpha value is -3.26. The van der Waals surface area contributed by atoms with Gasteiger partial charge in [-0.3, -0.25) is 4.68 Å². The van der Waals surface area contributed by atoms with Crippen LogP contribution in [-0.4, -0.2) is 56.0 Å². The number of likely N-dealkylation sites (N-methyl/N-ethyl adjacent to an activating group) is 1. The molecule has 8 heteroatoms. The molecule has 3 aromatic heterocycles. The molecule has 0 amide bonds. The summed E-state index contributed by atoms with van der Waals surface area (Å²) in [6.45, 7) is 5.99. The minimum absolute atomic E-state index is 0.196. The third-order valence-electron chi connectivity index (χ3n) is 6.10. The van der Waals surface area contributed by atoms with Crippen LogP contribution in [0.5, 0.6) is 5.75 Å². The maximum atomic E-state index is 10.8. The molecule has 0 spiro atoms. The number of aromatic hydroxyl groups is 1. The Balaban J connectivity index is 1.53. The summed E-state index contributed by atoms with van der Waals surface area (Å²) >= 11 is 0. The van der Waals surface area contributed by atoms with Gasteiger partial charge in [-0.15, -0.1) is 0 Å². The topological polar surface area (TPSA) is 92.0 Å². The van der Waals surface area contributed by atoms with Crippen LogP contribution in [0, 0.1) is 12.8 Å². The summed E-state index contributed by atoms with van der Waals surface area (Å²) in [5.74, 6) is 1.63. The summed E-state index contributed by atoms with van der Waals surface area (Å²) in [7, 11) is 3.87. The molecule has 1 fully saturated rings. The minimum atomic E-state index is 0.196. The molecule has 2 atom stereocenters. The van der Waals surface area contributed by atoms with E-state index in [1.54, 1.807) is 10.9 Å². The number of nitrogens with one attached hydrogen (secondary N) is 1. The highest BCUT2D eigenvalue weighted by Gasteiger charge is 2.29. The van der Waals surface area contributed by atoms with E-state index in [0.29, 0.717) is 28.9 Å². The normalized spacial score (nSPS) is 19.3. The molecule has 0 aliphatic carbocycles. The predicted molar refractivity (Wildman–Crippen MR) is 118 cm³/mol. The molecule has 154 valence electrons. The lowest BCUT2D eigenvalue weighted by Crippen LogP contribution is -2.32. The first-order valence-corrected chi connectivity index (χ1v) is 10.2. The maximum Gasteiger partial charge on any atom is 0.178 e. The summed E-state index contributed by atoms with van der Waals surface area (Å²) in [5, 5.41) is 19.5. The number of hydrogen-bond acceptors (Lipinski definition) is 7. The highest BCUT2D eigenvalue weighted by molar-refractivity contribution is 5.91. The molecule has 1 aromatic carbocycles. The van der Waals surface area contributed by atoms with E-state index in [1.165, 1.54) is 0 Å². The SMILES string of the molecule is CNC1CN(c2cnc3nc(-c4cc5cn(C)nc5c(C)c4O)ccc3n2)CC1C. The summed E-state index contributed by atoms with van der Waals surface area (Å²) in [6, 6.07) is 6.19. The van der Waals surface area contributed by atoms with E-state index in [9.17, 15) is 5.11 Å². The molecule has 5 rings (SSSR count). The number of rotatable bonds is 3. The number of fused-ring (bicyclic) bond motifs is 2. The average Bonchev–Trinajstić information content (AvgIpc) is 3.31. The van der Waals surface area contributed by atoms with Crippen molar-refractivity contribution in [3.05, 3.63) is 36.2 Å². The molecule has 4 heterocycles. The molecule has 2 N–H and O–H groups in total. The number of phenolic OH excluding ortho intramolecular Hbond substituents is 1. The molecule has 0 saturated carbocycles. The van der Waals surface area contributed by atoms with Gasteiger partial charge in [0.1, 0.15) is 17.1 Å². The maximum absolute atomic E-state index is 10.8. The number of benzene rings is 1. The monoisotopic (exact) mass is 403 g/mol. The van der Waals surface area contributed by atoms with Crippen molar-refractivity contribution >= 4 is 27.9 Å². The van der Waals surface area contributed by atoms with Crippen molar-refractivity contribution in [1.29, 1.82) is 0 Å². The van der Waals surface area contributed by atoms with Gasteiger partial charge in [-0.2, -0.15) is 5.10 Å². The van der Waals surface area contributed by atoms with E-state index in [1.807, 2.05) is 45.4 Å². The van der Waals surface area contributed by atoms with Gasteiger partial charge < -0.3 is 15.3 Å². The Morgan fingerprint density at radius 2 is 2.03 bits per heavy atom. The fraction of sp³-hybridized carbons (Fsp3) is 0.364. The zero-order chi connectivity index (χ0) is 21.0. The van der Waals surface area contributed by atoms with Crippen LogP contribution < -0.4 is 10.2 Å². The molecule has 1 saturated heterocycles. The van der Waals surface area contributed by atoms with Crippen LogP contribution in [0.15, 0.2) is 30.6 Å². The fourth-order valence-electron chi connectivity index (χ4n) is 4.36. The van der Waals surface area contributed by atoms with Crippen LogP contribution >= 0.6 is 0 Å². The van der Waals surface area contributed by atoms with E-state index >= 15 is 0 Å². The van der Waals surface area contributed by atoms with E-state index in [4.69, 9.17) is 4.98 Å². The Bertz CT molecular complexity index is 1270. The molecule has 4 aromatic rings. The van der Waals surface area contributed by atoms with Gasteiger partial charge in [0.25, 0.3) is 0 Å². The summed E-state index contributed by atoms with van der Waals surface area (Å²) in [4.78, 5) is 16.3. The molecule has 8 nitrogen and oxygen atoms in total. The van der Waals surface area contributed by atoms with Gasteiger partial charge in [-0.25, -0.2) is 15.0 Å². The number of aryl methyl sites for hydroxylation is 2. The molecule has 1 aliphatic rings. The first-order valence-electron chi connectivity index (χ1n) is 10.2. The van der Waals surface area contributed by atoms with Crippen LogP contribution in [0.1, 0.15) is 12.5 Å². The quantitative estimate of drug-likeness (QED) is 0.543. The number of phenols is 1. The second kappa shape index (κ2) is 6.91. The van der Waals surface area contributed by atoms with Gasteiger partial charge in [0, 0.05) is 48.9 Å². The van der Waals surface area contributed by atoms with Gasteiger partial charge in [-0.1, -0.05) is 6.92 Å². The van der Waals surface area contributed by atoms with Crippen LogP contribution in [0.4, 0.5) is 5.82 Å². The fourth-order valence-corrected chi connectivity index (χ4v) is 4.36. The highest BCUT2D eigenvalue weighted by atomic mass is 16.3. The largest absolute Gasteiger partial charge is 0.507 e. The molecular weight excluding hydrogens is 378 g/mol. The lowest BCUT2D eigenvalue weighted by molar-refractivity contribution is 0.474. The lowest BCUT2D eigenvalue weighted by Gasteiger charge is -2.17. The van der Waals surface area contributed by atoms with Gasteiger partial charge in [-0.05, 0) is 38.1 Å². The Morgan fingerprint density at radius 3 is 2.80 bits per heavy atom. The van der Waals surface area contributed by atoms with Gasteiger partial charge in [0.15, 0.2) is 5.65 Å².